The molecule has 0 radical (unpaired) electrons. The average molecular weight is 445 g/mol. The molecule has 28 heavy (non-hydrogen) atoms. The highest BCUT2D eigenvalue weighted by molar-refractivity contribution is 9.10. The summed E-state index contributed by atoms with van der Waals surface area (Å²) in [7, 11) is 1.62. The largest absolute Gasteiger partial charge is 0.493 e. The first-order chi connectivity index (χ1) is 13.3. The number of carboxylic acids is 1. The van der Waals surface area contributed by atoms with Crippen molar-refractivity contribution in [1.29, 1.82) is 0 Å². The molecular weight excluding hydrogens is 432 g/mol. The third kappa shape index (κ3) is 3.76. The van der Waals surface area contributed by atoms with Gasteiger partial charge in [-0.05, 0) is 36.4 Å². The number of aromatic nitrogens is 1. The van der Waals surface area contributed by atoms with Gasteiger partial charge in [0.05, 0.1) is 11.1 Å². The summed E-state index contributed by atoms with van der Waals surface area (Å²) >= 11 is 3.32. The van der Waals surface area contributed by atoms with Gasteiger partial charge in [-0.2, -0.15) is 0 Å². The van der Waals surface area contributed by atoms with Gasteiger partial charge in [-0.15, -0.1) is 10.2 Å². The summed E-state index contributed by atoms with van der Waals surface area (Å²) in [6, 6.07) is 10.7. The van der Waals surface area contributed by atoms with Gasteiger partial charge < -0.3 is 20.1 Å². The number of benzene rings is 2. The van der Waals surface area contributed by atoms with Gasteiger partial charge in [0.1, 0.15) is 0 Å². The van der Waals surface area contributed by atoms with Crippen molar-refractivity contribution >= 4 is 56.0 Å². The number of nitrogens with one attached hydrogen (secondary N) is 1. The van der Waals surface area contributed by atoms with Crippen molar-refractivity contribution in [3.05, 3.63) is 52.5 Å². The van der Waals surface area contributed by atoms with Crippen LogP contribution in [-0.4, -0.2) is 32.6 Å². The Morgan fingerprint density at radius 2 is 1.89 bits per heavy atom. The zero-order chi connectivity index (χ0) is 20.4. The highest BCUT2D eigenvalue weighted by atomic mass is 79.9. The molecule has 0 atom stereocenters. The van der Waals surface area contributed by atoms with Crippen LogP contribution in [0, 0.1) is 0 Å². The summed E-state index contributed by atoms with van der Waals surface area (Å²) in [6.07, 6.45) is 0. The van der Waals surface area contributed by atoms with E-state index in [1.807, 2.05) is 0 Å². The Morgan fingerprint density at radius 3 is 2.61 bits per heavy atom. The minimum absolute atomic E-state index is 0.0434. The number of aromatic hydroxyl groups is 1. The number of aryl methyl sites for hydroxylation is 1. The zero-order valence-corrected chi connectivity index (χ0v) is 16.0. The fraction of sp³-hybridized carbons (Fsp3) is 0.0556. The van der Waals surface area contributed by atoms with Crippen molar-refractivity contribution < 1.29 is 24.6 Å². The second kappa shape index (κ2) is 7.61. The topological polar surface area (TPSA) is 133 Å². The van der Waals surface area contributed by atoms with E-state index in [1.54, 1.807) is 25.2 Å². The van der Waals surface area contributed by atoms with Crippen LogP contribution in [0.3, 0.4) is 0 Å². The number of azo groups is 1. The Hall–Kier alpha value is -3.53. The van der Waals surface area contributed by atoms with Gasteiger partial charge in [-0.3, -0.25) is 9.59 Å². The van der Waals surface area contributed by atoms with E-state index in [-0.39, 0.29) is 22.8 Å². The lowest BCUT2D eigenvalue weighted by atomic mass is 10.2. The van der Waals surface area contributed by atoms with Crippen molar-refractivity contribution in [3.8, 4) is 5.88 Å². The molecule has 1 heterocycles. The number of aromatic carboxylic acids is 1. The molecule has 0 saturated heterocycles. The van der Waals surface area contributed by atoms with Crippen LogP contribution in [0.15, 0.2) is 57.2 Å². The van der Waals surface area contributed by atoms with E-state index in [0.29, 0.717) is 10.9 Å². The van der Waals surface area contributed by atoms with E-state index in [2.05, 4.69) is 31.5 Å². The zero-order valence-electron chi connectivity index (χ0n) is 14.4. The fourth-order valence-corrected chi connectivity index (χ4v) is 2.90. The van der Waals surface area contributed by atoms with Crippen molar-refractivity contribution in [2.75, 3.05) is 5.32 Å². The van der Waals surface area contributed by atoms with Crippen LogP contribution in [0.25, 0.3) is 10.9 Å². The van der Waals surface area contributed by atoms with Crippen molar-refractivity contribution in [2.24, 2.45) is 17.3 Å². The summed E-state index contributed by atoms with van der Waals surface area (Å²) in [6.45, 7) is 0. The molecule has 0 aliphatic rings. The minimum atomic E-state index is -1.20. The quantitative estimate of drug-likeness (QED) is 0.419. The Balaban J connectivity index is 1.82. The average Bonchev–Trinajstić information content (AvgIpc) is 2.89. The number of amides is 2. The van der Waals surface area contributed by atoms with Gasteiger partial charge >= 0.3 is 17.8 Å². The first-order valence-electron chi connectivity index (χ1n) is 7.85. The van der Waals surface area contributed by atoms with E-state index >= 15 is 0 Å². The molecular formula is C18H13BrN4O5. The molecule has 2 aromatic carbocycles. The number of carboxylic acid groups (broad SMARTS) is 1. The molecule has 0 unspecified atom stereocenters. The molecule has 10 heteroatoms. The van der Waals surface area contributed by atoms with Crippen molar-refractivity contribution in [2.45, 2.75) is 0 Å². The number of rotatable bonds is 3. The normalized spacial score (nSPS) is 11.1. The lowest BCUT2D eigenvalue weighted by Gasteiger charge is -2.03. The van der Waals surface area contributed by atoms with E-state index in [4.69, 9.17) is 5.11 Å². The summed E-state index contributed by atoms with van der Waals surface area (Å²) in [4.78, 5) is 34.9. The first-order valence-corrected chi connectivity index (χ1v) is 8.64. The predicted molar refractivity (Wildman–Crippen MR) is 104 cm³/mol. The molecule has 0 fully saturated rings. The van der Waals surface area contributed by atoms with Gasteiger partial charge in [0.25, 0.3) is 0 Å². The number of nitrogens with zero attached hydrogens (tertiary/aromatic N) is 3. The van der Waals surface area contributed by atoms with Crippen LogP contribution < -0.4 is 5.32 Å². The van der Waals surface area contributed by atoms with Crippen molar-refractivity contribution in [1.82, 2.24) is 4.57 Å². The summed E-state index contributed by atoms with van der Waals surface area (Å²) < 4.78 is 2.21. The van der Waals surface area contributed by atoms with Crippen LogP contribution in [-0.2, 0) is 16.6 Å². The maximum Gasteiger partial charge on any atom is 0.353 e. The van der Waals surface area contributed by atoms with E-state index in [0.717, 1.165) is 4.47 Å². The molecule has 142 valence electrons. The highest BCUT2D eigenvalue weighted by Gasteiger charge is 2.18. The van der Waals surface area contributed by atoms with Crippen LogP contribution in [0.1, 0.15) is 10.4 Å². The summed E-state index contributed by atoms with van der Waals surface area (Å²) in [5.41, 5.74) is 0.799. The van der Waals surface area contributed by atoms with Gasteiger partial charge in [0.2, 0.25) is 5.88 Å². The number of fused-ring (bicyclic) bond motifs is 1. The van der Waals surface area contributed by atoms with Gasteiger partial charge in [-0.25, -0.2) is 4.79 Å². The maximum atomic E-state index is 12.0. The Labute approximate surface area is 166 Å². The van der Waals surface area contributed by atoms with Gasteiger partial charge in [0, 0.05) is 22.6 Å². The molecule has 9 nitrogen and oxygen atoms in total. The Bertz CT molecular complexity index is 1150. The second-order valence-electron chi connectivity index (χ2n) is 5.74. The first kappa shape index (κ1) is 19.2. The number of hydrogen-bond donors (Lipinski definition) is 3. The smallest absolute Gasteiger partial charge is 0.353 e. The number of anilines is 1. The molecule has 0 aliphatic heterocycles. The molecule has 0 spiro atoms. The van der Waals surface area contributed by atoms with Gasteiger partial charge in [-0.1, -0.05) is 22.0 Å². The lowest BCUT2D eigenvalue weighted by molar-refractivity contribution is -0.134. The molecule has 0 saturated carbocycles. The molecule has 0 bridgehead atoms. The fourth-order valence-electron chi connectivity index (χ4n) is 2.54. The third-order valence-electron chi connectivity index (χ3n) is 3.91. The van der Waals surface area contributed by atoms with E-state index < -0.39 is 17.8 Å². The number of carbonyl (C=O) groups excluding carboxylic acids is 2. The molecule has 3 aromatic rings. The minimum Gasteiger partial charge on any atom is -0.493 e. The molecule has 0 aliphatic carbocycles. The standard InChI is InChI=1S/C18H13BrN4O5/c1-23-13-6-5-10(19)8-12(13)14(17(23)26)21-22-16(25)15(24)20-11-4-2-3-9(7-11)18(27)28/h2-8,26H,1H3,(H,20,24)(H,27,28). The summed E-state index contributed by atoms with van der Waals surface area (Å²) in [5.74, 6) is -3.67. The maximum absolute atomic E-state index is 12.0. The molecule has 3 N–H and O–H groups in total. The summed E-state index contributed by atoms with van der Waals surface area (Å²) in [5, 5.41) is 29.1. The van der Waals surface area contributed by atoms with Crippen molar-refractivity contribution in [3.63, 3.8) is 0 Å². The van der Waals surface area contributed by atoms with Crippen LogP contribution in [0.4, 0.5) is 11.4 Å². The van der Waals surface area contributed by atoms with E-state index in [9.17, 15) is 19.5 Å². The second-order valence-corrected chi connectivity index (χ2v) is 6.65. The molecule has 2 amide bonds. The Morgan fingerprint density at radius 1 is 1.14 bits per heavy atom. The lowest BCUT2D eigenvalue weighted by Crippen LogP contribution is -2.20. The monoisotopic (exact) mass is 444 g/mol. The number of hydrogen-bond acceptors (Lipinski definition) is 5. The predicted octanol–water partition coefficient (Wildman–Crippen LogP) is 3.59. The Kier molecular flexibility index (Phi) is 5.23. The number of carbonyl (C=O) groups is 3. The SMILES string of the molecule is Cn1c(O)c(N=NC(=O)C(=O)Nc2cccc(C(=O)O)c2)c2cc(Br)ccc21. The third-order valence-corrected chi connectivity index (χ3v) is 4.40. The molecule has 3 rings (SSSR count). The highest BCUT2D eigenvalue weighted by Crippen LogP contribution is 2.39. The van der Waals surface area contributed by atoms with Crippen LogP contribution >= 0.6 is 15.9 Å². The van der Waals surface area contributed by atoms with Gasteiger partial charge in [0.15, 0.2) is 5.69 Å². The van der Waals surface area contributed by atoms with E-state index in [1.165, 1.54) is 28.8 Å². The van der Waals surface area contributed by atoms with Crippen LogP contribution in [0.2, 0.25) is 0 Å². The van der Waals surface area contributed by atoms with Crippen LogP contribution in [0.5, 0.6) is 5.88 Å². The number of halogens is 1. The molecule has 1 aromatic heterocycles.